The van der Waals surface area contributed by atoms with Crippen molar-refractivity contribution in [1.29, 1.82) is 0 Å². The lowest BCUT2D eigenvalue weighted by atomic mass is 9.81. The van der Waals surface area contributed by atoms with E-state index >= 15 is 0 Å². The van der Waals surface area contributed by atoms with E-state index < -0.39 is 16.1 Å². The SMILES string of the molecule is CC(C)c1nnc(N(COCC[Si](C)(C)C)c2ccc3nccc(-c4cncnc4)c3n2)s1.CC(C)c1nnc(N(COCC[Si](C)(C)C)c2ccc3nccc(Br)c3n2)s1.CC(C)c1nnc(Nc2ccc3nccc(-c4cncnc4)c3n2)s1.CC1(C)OB(c2cncnc2)OC1(C)C. The van der Waals surface area contributed by atoms with Crippen molar-refractivity contribution in [2.75, 3.05) is 41.8 Å². The van der Waals surface area contributed by atoms with Crippen molar-refractivity contribution in [3.05, 3.63) is 149 Å². The molecule has 0 amide bonds. The van der Waals surface area contributed by atoms with Crippen LogP contribution in [0.15, 0.2) is 134 Å². The van der Waals surface area contributed by atoms with E-state index in [2.05, 4.69) is 178 Å². The third-order valence-electron chi connectivity index (χ3n) is 16.0. The summed E-state index contributed by atoms with van der Waals surface area (Å²) in [6.45, 7) is 37.1. The molecule has 0 radical (unpaired) electrons. The molecule has 526 valence electrons. The standard InChI is InChI=1S/C23H29N7OSSi.C19H26BrN5OSSi.C17H15N7S.C10H15BN2O2/c1-16(2)22-28-29-23(32-22)30(15-31-10-11-33(3,4)5)20-7-6-19-21(27-20)18(8-9-26-19)17-12-24-14-25-13-17;1-13(2)18-23-24-19(27-18)25(12-26-10-11-28(3,4)5)16-7-6-15-17(22-16)14(20)8-9-21-15;1-10(2)16-23-24-17(25-16)22-14-4-3-13-15(21-14)12(5-6-20-13)11-7-18-9-19-8-11;1-9(2)10(3,4)15-11(14-9)8-5-12-7-13-6-8/h6-9,12-14,16H,10-11,15H2,1-5H3;6-9,13H,10-12H2,1-5H3;3-10H,1-2H3,(H,21,22,24);5-7H,1-4H3. The minimum absolute atomic E-state index is 0.310. The zero-order valence-electron chi connectivity index (χ0n) is 59.9. The molecular weight excluding hydrogens is 1430 g/mol. The highest BCUT2D eigenvalue weighted by molar-refractivity contribution is 9.10. The molecule has 25 nitrogen and oxygen atoms in total. The minimum atomic E-state index is -1.18. The fourth-order valence-electron chi connectivity index (χ4n) is 9.42. The molecule has 12 aromatic rings. The lowest BCUT2D eigenvalue weighted by Crippen LogP contribution is -2.41. The van der Waals surface area contributed by atoms with Gasteiger partial charge in [0.15, 0.2) is 0 Å². The van der Waals surface area contributed by atoms with Gasteiger partial charge < -0.3 is 24.1 Å². The van der Waals surface area contributed by atoms with Crippen molar-refractivity contribution in [2.45, 2.75) is 150 Å². The summed E-state index contributed by atoms with van der Waals surface area (Å²) in [6, 6.07) is 19.7. The number of nitrogens with one attached hydrogen (secondary N) is 1. The molecule has 1 aliphatic rings. The smallest absolute Gasteiger partial charge is 0.399 e. The predicted molar refractivity (Wildman–Crippen MR) is 414 cm³/mol. The van der Waals surface area contributed by atoms with Gasteiger partial charge in [-0.25, -0.2) is 44.9 Å². The average Bonchev–Trinajstić information content (AvgIpc) is 1.76. The summed E-state index contributed by atoms with van der Waals surface area (Å²) in [7, 11) is -2.69. The number of aromatic nitrogens is 18. The molecule has 0 unspecified atom stereocenters. The molecule has 13 heterocycles. The van der Waals surface area contributed by atoms with Gasteiger partial charge in [-0.05, 0) is 110 Å². The molecule has 0 bridgehead atoms. The number of hydrogen-bond acceptors (Lipinski definition) is 28. The first-order valence-corrected chi connectivity index (χ1v) is 43.9. The summed E-state index contributed by atoms with van der Waals surface area (Å²) in [5.41, 5.74) is 8.75. The van der Waals surface area contributed by atoms with Crippen LogP contribution < -0.4 is 20.6 Å². The van der Waals surface area contributed by atoms with Crippen LogP contribution in [0.5, 0.6) is 0 Å². The van der Waals surface area contributed by atoms with E-state index in [0.717, 1.165) is 126 Å². The second-order valence-electron chi connectivity index (χ2n) is 28.1. The third kappa shape index (κ3) is 20.3. The fourth-order valence-corrected chi connectivity index (χ4v) is 13.8. The highest BCUT2D eigenvalue weighted by Crippen LogP contribution is 2.38. The largest absolute Gasteiger partial charge is 0.498 e. The summed E-state index contributed by atoms with van der Waals surface area (Å²) in [5, 5.41) is 34.4. The van der Waals surface area contributed by atoms with Gasteiger partial charge in [0.1, 0.15) is 70.4 Å². The van der Waals surface area contributed by atoms with E-state index in [4.69, 9.17) is 33.7 Å². The van der Waals surface area contributed by atoms with E-state index in [1.54, 1.807) is 78.4 Å². The number of anilines is 6. The molecule has 0 saturated carbocycles. The predicted octanol–water partition coefficient (Wildman–Crippen LogP) is 15.9. The molecule has 1 N–H and O–H groups in total. The lowest BCUT2D eigenvalue weighted by molar-refractivity contribution is 0.00578. The summed E-state index contributed by atoms with van der Waals surface area (Å²) in [4.78, 5) is 56.2. The fraction of sp³-hybridized carbons (Fsp3) is 0.391. The van der Waals surface area contributed by atoms with Crippen LogP contribution in [0.3, 0.4) is 0 Å². The van der Waals surface area contributed by atoms with Crippen LogP contribution >= 0.6 is 49.9 Å². The van der Waals surface area contributed by atoms with Gasteiger partial charge in [-0.1, -0.05) is 115 Å². The van der Waals surface area contributed by atoms with Gasteiger partial charge in [-0.3, -0.25) is 24.8 Å². The molecular formula is C69H85BBrN21O4S3Si2. The topological polar surface area (TPSA) is 287 Å². The zero-order valence-corrected chi connectivity index (χ0v) is 65.9. The number of fused-ring (bicyclic) bond motifs is 3. The Kier molecular flexibility index (Phi) is 25.2. The van der Waals surface area contributed by atoms with Crippen molar-refractivity contribution in [3.63, 3.8) is 0 Å². The summed E-state index contributed by atoms with van der Waals surface area (Å²) in [5.74, 6) is 3.22. The Bertz CT molecular complexity index is 4640. The molecule has 12 aromatic heterocycles. The lowest BCUT2D eigenvalue weighted by Gasteiger charge is -2.32. The number of hydrogen-bond donors (Lipinski definition) is 1. The highest BCUT2D eigenvalue weighted by atomic mass is 79.9. The van der Waals surface area contributed by atoms with Crippen LogP contribution in [0.1, 0.15) is 102 Å². The minimum Gasteiger partial charge on any atom is -0.399 e. The van der Waals surface area contributed by atoms with Crippen molar-refractivity contribution in [1.82, 2.24) is 90.4 Å². The van der Waals surface area contributed by atoms with Crippen LogP contribution in [0, 0.1) is 0 Å². The third-order valence-corrected chi connectivity index (χ3v) is 23.7. The second-order valence-corrected chi connectivity index (χ2v) is 43.2. The van der Waals surface area contributed by atoms with E-state index in [0.29, 0.717) is 43.6 Å². The Morgan fingerprint density at radius 3 is 1.35 bits per heavy atom. The molecule has 0 aromatic carbocycles. The van der Waals surface area contributed by atoms with Gasteiger partial charge in [0.05, 0.1) is 38.8 Å². The van der Waals surface area contributed by atoms with Gasteiger partial charge in [0, 0.05) is 135 Å². The number of halogens is 1. The van der Waals surface area contributed by atoms with Gasteiger partial charge in [0.2, 0.25) is 15.4 Å². The van der Waals surface area contributed by atoms with E-state index in [1.165, 1.54) is 30.3 Å². The van der Waals surface area contributed by atoms with Crippen molar-refractivity contribution in [3.8, 4) is 22.3 Å². The molecule has 0 aliphatic carbocycles. The van der Waals surface area contributed by atoms with Crippen molar-refractivity contribution in [2.24, 2.45) is 0 Å². The van der Waals surface area contributed by atoms with Crippen molar-refractivity contribution < 1.29 is 18.8 Å². The van der Waals surface area contributed by atoms with Crippen LogP contribution in [0.2, 0.25) is 51.4 Å². The monoisotopic (exact) mass is 1510 g/mol. The molecule has 0 atom stereocenters. The van der Waals surface area contributed by atoms with E-state index in [1.807, 2.05) is 92.1 Å². The summed E-state index contributed by atoms with van der Waals surface area (Å²) < 4.78 is 24.7. The van der Waals surface area contributed by atoms with Gasteiger partial charge in [0.25, 0.3) is 0 Å². The number of ether oxygens (including phenoxy) is 2. The van der Waals surface area contributed by atoms with Gasteiger partial charge in [-0.15, -0.1) is 30.6 Å². The number of rotatable bonds is 22. The van der Waals surface area contributed by atoms with Crippen LogP contribution in [-0.4, -0.2) is 152 Å². The maximum atomic E-state index is 6.10. The molecule has 1 fully saturated rings. The molecule has 32 heteroatoms. The Labute approximate surface area is 612 Å². The molecule has 1 aliphatic heterocycles. The quantitative estimate of drug-likeness (QED) is 0.0375. The zero-order chi connectivity index (χ0) is 72.1. The van der Waals surface area contributed by atoms with Crippen molar-refractivity contribution >= 4 is 145 Å². The molecule has 0 spiro atoms. The highest BCUT2D eigenvalue weighted by Gasteiger charge is 2.52. The van der Waals surface area contributed by atoms with Crippen LogP contribution in [0.25, 0.3) is 55.4 Å². The maximum Gasteiger partial charge on any atom is 0.498 e. The maximum absolute atomic E-state index is 6.10. The Balaban J connectivity index is 0.000000149. The first-order valence-electron chi connectivity index (χ1n) is 33.2. The van der Waals surface area contributed by atoms with Crippen LogP contribution in [0.4, 0.5) is 32.8 Å². The second kappa shape index (κ2) is 33.7. The Morgan fingerprint density at radius 1 is 0.495 bits per heavy atom. The number of nitrogens with zero attached hydrogens (tertiary/aromatic N) is 20. The summed E-state index contributed by atoms with van der Waals surface area (Å²) in [6.07, 6.45) is 20.4. The molecule has 101 heavy (non-hydrogen) atoms. The normalized spacial score (nSPS) is 13.4. The molecule has 13 rings (SSSR count). The van der Waals surface area contributed by atoms with Crippen LogP contribution in [-0.2, 0) is 18.8 Å². The average molecular weight is 1520 g/mol. The first-order chi connectivity index (χ1) is 48.2. The van der Waals surface area contributed by atoms with Gasteiger partial charge in [-0.2, -0.15) is 0 Å². The Hall–Kier alpha value is -8.18. The molecule has 1 saturated heterocycles. The number of pyridine rings is 6. The first kappa shape index (κ1) is 75.5. The van der Waals surface area contributed by atoms with E-state index in [-0.39, 0.29) is 18.3 Å². The van der Waals surface area contributed by atoms with E-state index in [9.17, 15) is 0 Å². The Morgan fingerprint density at radius 2 is 0.901 bits per heavy atom. The summed E-state index contributed by atoms with van der Waals surface area (Å²) >= 11 is 8.26. The van der Waals surface area contributed by atoms with Gasteiger partial charge >= 0.3 is 7.12 Å².